The molecule has 35 heavy (non-hydrogen) atoms. The molecule has 0 spiro atoms. The lowest BCUT2D eigenvalue weighted by molar-refractivity contribution is 0.661. The standard InChI is InChI=1S/C33H24N2/c1-33(2)26-13-7-6-12-25(26)30-24-18-16-23(20-22(24)17-19-27(30)33)32-31(21-10-4-3-5-11-21)34-28-14-8-9-15-29(28)35-32/h3-20H,1-2H3. The average Bonchev–Trinajstić information content (AvgIpc) is 3.15. The highest BCUT2D eigenvalue weighted by atomic mass is 14.8. The Labute approximate surface area is 204 Å². The first-order valence-corrected chi connectivity index (χ1v) is 12.1. The van der Waals surface area contributed by atoms with Gasteiger partial charge in [0.05, 0.1) is 22.4 Å². The fourth-order valence-corrected chi connectivity index (χ4v) is 5.68. The lowest BCUT2D eigenvalue weighted by Crippen LogP contribution is -2.14. The Morgan fingerprint density at radius 3 is 1.97 bits per heavy atom. The van der Waals surface area contributed by atoms with Gasteiger partial charge in [-0.25, -0.2) is 9.97 Å². The van der Waals surface area contributed by atoms with Crippen molar-refractivity contribution in [1.82, 2.24) is 9.97 Å². The highest BCUT2D eigenvalue weighted by Gasteiger charge is 2.36. The molecule has 0 radical (unpaired) electrons. The van der Waals surface area contributed by atoms with Gasteiger partial charge in [0.1, 0.15) is 0 Å². The van der Waals surface area contributed by atoms with Gasteiger partial charge in [-0.1, -0.05) is 105 Å². The van der Waals surface area contributed by atoms with Gasteiger partial charge in [-0.2, -0.15) is 0 Å². The maximum atomic E-state index is 5.10. The third-order valence-corrected chi connectivity index (χ3v) is 7.45. The Bertz CT molecular complexity index is 1760. The number of hydrogen-bond donors (Lipinski definition) is 0. The molecule has 7 rings (SSSR count). The third-order valence-electron chi connectivity index (χ3n) is 7.45. The second-order valence-corrected chi connectivity index (χ2v) is 9.87. The monoisotopic (exact) mass is 448 g/mol. The molecule has 0 amide bonds. The summed E-state index contributed by atoms with van der Waals surface area (Å²) in [5.41, 5.74) is 11.3. The number of benzene rings is 5. The van der Waals surface area contributed by atoms with E-state index in [9.17, 15) is 0 Å². The molecular formula is C33H24N2. The van der Waals surface area contributed by atoms with E-state index < -0.39 is 0 Å². The number of aromatic nitrogens is 2. The number of rotatable bonds is 2. The predicted molar refractivity (Wildman–Crippen MR) is 145 cm³/mol. The van der Waals surface area contributed by atoms with Gasteiger partial charge >= 0.3 is 0 Å². The van der Waals surface area contributed by atoms with E-state index in [-0.39, 0.29) is 5.41 Å². The second-order valence-electron chi connectivity index (χ2n) is 9.87. The van der Waals surface area contributed by atoms with Crippen LogP contribution < -0.4 is 0 Å². The zero-order valence-electron chi connectivity index (χ0n) is 19.8. The molecule has 0 aliphatic heterocycles. The molecule has 0 fully saturated rings. The minimum atomic E-state index is 0.00306. The highest BCUT2D eigenvalue weighted by molar-refractivity contribution is 6.04. The van der Waals surface area contributed by atoms with Crippen LogP contribution >= 0.6 is 0 Å². The van der Waals surface area contributed by atoms with E-state index in [2.05, 4.69) is 92.7 Å². The fourth-order valence-electron chi connectivity index (χ4n) is 5.68. The van der Waals surface area contributed by atoms with Gasteiger partial charge in [0.15, 0.2) is 0 Å². The van der Waals surface area contributed by atoms with Crippen molar-refractivity contribution in [1.29, 1.82) is 0 Å². The minimum absolute atomic E-state index is 0.00306. The van der Waals surface area contributed by atoms with Crippen molar-refractivity contribution >= 4 is 21.8 Å². The first-order chi connectivity index (χ1) is 17.1. The van der Waals surface area contributed by atoms with Gasteiger partial charge in [-0.15, -0.1) is 0 Å². The molecule has 0 bridgehead atoms. The molecule has 166 valence electrons. The van der Waals surface area contributed by atoms with Gasteiger partial charge in [-0.05, 0) is 51.2 Å². The summed E-state index contributed by atoms with van der Waals surface area (Å²) in [6, 6.07) is 38.6. The first-order valence-electron chi connectivity index (χ1n) is 12.1. The Morgan fingerprint density at radius 1 is 0.543 bits per heavy atom. The quantitative estimate of drug-likeness (QED) is 0.266. The molecule has 0 unspecified atom stereocenters. The molecule has 5 aromatic carbocycles. The van der Waals surface area contributed by atoms with Gasteiger partial charge in [0, 0.05) is 16.5 Å². The molecule has 1 aliphatic carbocycles. The van der Waals surface area contributed by atoms with Crippen LogP contribution in [0, 0.1) is 0 Å². The van der Waals surface area contributed by atoms with Crippen molar-refractivity contribution in [2.45, 2.75) is 19.3 Å². The van der Waals surface area contributed by atoms with E-state index >= 15 is 0 Å². The van der Waals surface area contributed by atoms with E-state index in [1.807, 2.05) is 30.3 Å². The number of hydrogen-bond acceptors (Lipinski definition) is 2. The van der Waals surface area contributed by atoms with Crippen LogP contribution in [0.25, 0.3) is 55.4 Å². The third kappa shape index (κ3) is 2.96. The molecule has 0 atom stereocenters. The molecule has 2 heteroatoms. The summed E-state index contributed by atoms with van der Waals surface area (Å²) in [5.74, 6) is 0. The van der Waals surface area contributed by atoms with Crippen molar-refractivity contribution in [2.24, 2.45) is 0 Å². The first kappa shape index (κ1) is 20.1. The molecule has 0 saturated heterocycles. The summed E-state index contributed by atoms with van der Waals surface area (Å²) in [7, 11) is 0. The summed E-state index contributed by atoms with van der Waals surface area (Å²) >= 11 is 0. The molecular weight excluding hydrogens is 424 g/mol. The van der Waals surface area contributed by atoms with Crippen LogP contribution in [-0.2, 0) is 5.41 Å². The zero-order valence-corrected chi connectivity index (χ0v) is 19.8. The Kier molecular flexibility index (Phi) is 4.22. The largest absolute Gasteiger partial charge is 0.244 e. The Balaban J connectivity index is 1.48. The van der Waals surface area contributed by atoms with Crippen molar-refractivity contribution in [3.05, 3.63) is 120 Å². The topological polar surface area (TPSA) is 25.8 Å². The molecule has 1 aromatic heterocycles. The SMILES string of the molecule is CC1(C)c2ccccc2-c2c1ccc1cc(-c3nc4ccccc4nc3-c3ccccc3)ccc21. The molecule has 1 aliphatic rings. The maximum absolute atomic E-state index is 5.10. The highest BCUT2D eigenvalue weighted by Crippen LogP contribution is 2.51. The van der Waals surface area contributed by atoms with Crippen molar-refractivity contribution in [3.8, 4) is 33.6 Å². The number of nitrogens with zero attached hydrogens (tertiary/aromatic N) is 2. The Hall–Kier alpha value is -4.30. The maximum Gasteiger partial charge on any atom is 0.0973 e. The summed E-state index contributed by atoms with van der Waals surface area (Å²) in [4.78, 5) is 10.1. The van der Waals surface area contributed by atoms with Crippen LogP contribution in [-0.4, -0.2) is 9.97 Å². The number of para-hydroxylation sites is 2. The summed E-state index contributed by atoms with van der Waals surface area (Å²) in [6.45, 7) is 4.66. The summed E-state index contributed by atoms with van der Waals surface area (Å²) in [6.07, 6.45) is 0. The van der Waals surface area contributed by atoms with Crippen LogP contribution in [0.3, 0.4) is 0 Å². The van der Waals surface area contributed by atoms with Crippen LogP contribution in [0.2, 0.25) is 0 Å². The van der Waals surface area contributed by atoms with Crippen LogP contribution in [0.1, 0.15) is 25.0 Å². The average molecular weight is 449 g/mol. The van der Waals surface area contributed by atoms with E-state index in [0.29, 0.717) is 0 Å². The minimum Gasteiger partial charge on any atom is -0.244 e. The van der Waals surface area contributed by atoms with Crippen molar-refractivity contribution in [3.63, 3.8) is 0 Å². The number of fused-ring (bicyclic) bond motifs is 6. The normalized spacial score (nSPS) is 13.7. The van der Waals surface area contributed by atoms with E-state index in [0.717, 1.165) is 33.5 Å². The smallest absolute Gasteiger partial charge is 0.0973 e. The zero-order chi connectivity index (χ0) is 23.6. The molecule has 6 aromatic rings. The van der Waals surface area contributed by atoms with Crippen LogP contribution in [0.5, 0.6) is 0 Å². The summed E-state index contributed by atoms with van der Waals surface area (Å²) in [5, 5.41) is 2.52. The van der Waals surface area contributed by atoms with E-state index in [1.54, 1.807) is 0 Å². The van der Waals surface area contributed by atoms with Crippen molar-refractivity contribution in [2.75, 3.05) is 0 Å². The summed E-state index contributed by atoms with van der Waals surface area (Å²) < 4.78 is 0. The predicted octanol–water partition coefficient (Wildman–Crippen LogP) is 8.42. The van der Waals surface area contributed by atoms with Gasteiger partial charge in [0.2, 0.25) is 0 Å². The lowest BCUT2D eigenvalue weighted by atomic mass is 9.82. The van der Waals surface area contributed by atoms with Gasteiger partial charge in [-0.3, -0.25) is 0 Å². The fraction of sp³-hybridized carbons (Fsp3) is 0.0909. The van der Waals surface area contributed by atoms with Crippen LogP contribution in [0.4, 0.5) is 0 Å². The lowest BCUT2D eigenvalue weighted by Gasteiger charge is -2.21. The molecule has 2 nitrogen and oxygen atoms in total. The Morgan fingerprint density at radius 2 is 1.20 bits per heavy atom. The van der Waals surface area contributed by atoms with Crippen molar-refractivity contribution < 1.29 is 0 Å². The van der Waals surface area contributed by atoms with E-state index in [1.165, 1.54) is 33.0 Å². The van der Waals surface area contributed by atoms with Crippen LogP contribution in [0.15, 0.2) is 109 Å². The second kappa shape index (κ2) is 7.35. The molecule has 1 heterocycles. The van der Waals surface area contributed by atoms with E-state index in [4.69, 9.17) is 9.97 Å². The van der Waals surface area contributed by atoms with Gasteiger partial charge in [0.25, 0.3) is 0 Å². The molecule has 0 N–H and O–H groups in total. The van der Waals surface area contributed by atoms with Gasteiger partial charge < -0.3 is 0 Å². The molecule has 0 saturated carbocycles.